The van der Waals surface area contributed by atoms with Crippen molar-refractivity contribution >= 4 is 34.1 Å². The van der Waals surface area contributed by atoms with E-state index in [1.165, 1.54) is 31.2 Å². The number of carbonyl (C=O) groups is 3. The smallest absolute Gasteiger partial charge is 0.280 e. The number of ketones is 2. The van der Waals surface area contributed by atoms with Gasteiger partial charge in [0, 0.05) is 11.6 Å². The molecule has 27 heavy (non-hydrogen) atoms. The van der Waals surface area contributed by atoms with Gasteiger partial charge in [-0.2, -0.15) is 0 Å². The normalized spacial score (nSPS) is 9.07. The first kappa shape index (κ1) is 24.1. The Hall–Kier alpha value is -2.94. The zero-order valence-corrected chi connectivity index (χ0v) is 15.6. The van der Waals surface area contributed by atoms with Crippen LogP contribution in [0.2, 0.25) is 0 Å². The molecule has 4 N–H and O–H groups in total. The van der Waals surface area contributed by atoms with E-state index < -0.39 is 15.9 Å². The lowest BCUT2D eigenvalue weighted by Gasteiger charge is -1.99. The lowest BCUT2D eigenvalue weighted by atomic mass is 10.0. The molecule has 0 unspecified atom stereocenters. The van der Waals surface area contributed by atoms with Gasteiger partial charge in [-0.3, -0.25) is 36.2 Å². The summed E-state index contributed by atoms with van der Waals surface area (Å²) in [6.07, 6.45) is -0.301. The Balaban J connectivity index is 0.000000488. The van der Waals surface area contributed by atoms with Gasteiger partial charge in [-0.25, -0.2) is 0 Å². The number of nitro groups is 1. The van der Waals surface area contributed by atoms with Gasteiger partial charge < -0.3 is 0 Å². The molecule has 0 fully saturated rings. The molecule has 2 rings (SSSR count). The minimum absolute atomic E-state index is 0.0160. The Morgan fingerprint density at radius 2 is 1.67 bits per heavy atom. The second-order valence-corrected chi connectivity index (χ2v) is 5.56. The lowest BCUT2D eigenvalue weighted by molar-refractivity contribution is -0.385. The van der Waals surface area contributed by atoms with Crippen molar-refractivity contribution in [3.63, 3.8) is 0 Å². The Morgan fingerprint density at radius 1 is 1.07 bits per heavy atom. The van der Waals surface area contributed by atoms with Crippen LogP contribution in [-0.4, -0.2) is 21.7 Å². The summed E-state index contributed by atoms with van der Waals surface area (Å²) in [5.41, 5.74) is 1.33. The lowest BCUT2D eigenvalue weighted by Crippen LogP contribution is -2.07. The monoisotopic (exact) mass is 393 g/mol. The van der Waals surface area contributed by atoms with Crippen molar-refractivity contribution in [2.75, 3.05) is 0 Å². The summed E-state index contributed by atoms with van der Waals surface area (Å²) in [6, 6.07) is 12.8. The maximum absolute atomic E-state index is 11.5. The maximum Gasteiger partial charge on any atom is 0.280 e. The number of nitro benzene ring substituents is 1. The summed E-state index contributed by atoms with van der Waals surface area (Å²) < 4.78 is 0. The minimum Gasteiger partial charge on any atom is -0.300 e. The number of halogens is 1. The third kappa shape index (κ3) is 8.82. The highest BCUT2D eigenvalue weighted by atomic mass is 35.5. The average Bonchev–Trinajstić information content (AvgIpc) is 2.63. The van der Waals surface area contributed by atoms with Gasteiger partial charge in [0.25, 0.3) is 10.9 Å². The molecule has 0 spiro atoms. The van der Waals surface area contributed by atoms with Gasteiger partial charge in [-0.05, 0) is 37.6 Å². The number of hydrazine groups is 1. The SMILES string of the molecule is CC(=O)CC(=O)c1ccccc1[N+](=O)[O-].Cc1cccc(C(=O)Cl)c1.NN. The maximum atomic E-state index is 11.5. The molecule has 0 bridgehead atoms. The fourth-order valence-electron chi connectivity index (χ4n) is 1.96. The molecule has 0 aromatic heterocycles. The molecule has 144 valence electrons. The molecule has 2 aromatic rings. The second kappa shape index (κ2) is 12.4. The van der Waals surface area contributed by atoms with Gasteiger partial charge >= 0.3 is 0 Å². The van der Waals surface area contributed by atoms with Crippen LogP contribution in [0.4, 0.5) is 5.69 Å². The predicted molar refractivity (Wildman–Crippen MR) is 102 cm³/mol. The van der Waals surface area contributed by atoms with Crippen LogP contribution in [0.15, 0.2) is 48.5 Å². The summed E-state index contributed by atoms with van der Waals surface area (Å²) >= 11 is 5.24. The molecule has 0 amide bonds. The van der Waals surface area contributed by atoms with E-state index in [1.807, 2.05) is 19.1 Å². The Kier molecular flexibility index (Phi) is 11.1. The van der Waals surface area contributed by atoms with Crippen LogP contribution < -0.4 is 11.7 Å². The van der Waals surface area contributed by atoms with Crippen LogP contribution in [0.3, 0.4) is 0 Å². The summed E-state index contributed by atoms with van der Waals surface area (Å²) in [5.74, 6) is 7.17. The molecular weight excluding hydrogens is 374 g/mol. The first-order valence-corrected chi connectivity index (χ1v) is 7.96. The van der Waals surface area contributed by atoms with E-state index in [4.69, 9.17) is 11.6 Å². The molecule has 0 saturated heterocycles. The van der Waals surface area contributed by atoms with E-state index >= 15 is 0 Å². The molecular formula is C18H20ClN3O5. The number of benzene rings is 2. The predicted octanol–water partition coefficient (Wildman–Crippen LogP) is 2.95. The molecule has 0 heterocycles. The average molecular weight is 394 g/mol. The van der Waals surface area contributed by atoms with Crippen molar-refractivity contribution in [3.05, 3.63) is 75.3 Å². The fraction of sp³-hybridized carbons (Fsp3) is 0.167. The van der Waals surface area contributed by atoms with Crippen LogP contribution in [0.1, 0.15) is 39.6 Å². The first-order chi connectivity index (χ1) is 12.7. The molecule has 2 aromatic carbocycles. The number of carbonyl (C=O) groups excluding carboxylic acids is 3. The molecule has 0 aliphatic heterocycles. The van der Waals surface area contributed by atoms with Crippen LogP contribution in [0, 0.1) is 17.0 Å². The van der Waals surface area contributed by atoms with Gasteiger partial charge in [0.2, 0.25) is 0 Å². The van der Waals surface area contributed by atoms with E-state index in [1.54, 1.807) is 12.1 Å². The summed E-state index contributed by atoms with van der Waals surface area (Å²) in [6.45, 7) is 3.19. The van der Waals surface area contributed by atoms with Crippen LogP contribution in [0.25, 0.3) is 0 Å². The van der Waals surface area contributed by atoms with Gasteiger partial charge in [0.05, 0.1) is 16.9 Å². The van der Waals surface area contributed by atoms with Crippen molar-refractivity contribution in [2.24, 2.45) is 11.7 Å². The van der Waals surface area contributed by atoms with Crippen LogP contribution in [0.5, 0.6) is 0 Å². The molecule has 9 heteroatoms. The van der Waals surface area contributed by atoms with E-state index in [9.17, 15) is 24.5 Å². The highest BCUT2D eigenvalue weighted by Crippen LogP contribution is 2.19. The summed E-state index contributed by atoms with van der Waals surface area (Å²) in [4.78, 5) is 42.7. The number of aryl methyl sites for hydroxylation is 1. The van der Waals surface area contributed by atoms with Gasteiger partial charge in [0.15, 0.2) is 5.78 Å². The zero-order valence-electron chi connectivity index (χ0n) is 14.8. The van der Waals surface area contributed by atoms with Gasteiger partial charge in [-0.1, -0.05) is 35.9 Å². The summed E-state index contributed by atoms with van der Waals surface area (Å²) in [5, 5.41) is 10.2. The van der Waals surface area contributed by atoms with Crippen molar-refractivity contribution in [2.45, 2.75) is 20.3 Å². The van der Waals surface area contributed by atoms with Crippen LogP contribution in [-0.2, 0) is 4.79 Å². The second-order valence-electron chi connectivity index (χ2n) is 5.22. The number of rotatable bonds is 5. The molecule has 0 aliphatic carbocycles. The number of Topliss-reactive ketones (excluding diaryl/α,β-unsaturated/α-hetero) is 2. The number of nitrogens with zero attached hydrogens (tertiary/aromatic N) is 1. The number of nitrogens with two attached hydrogens (primary N) is 2. The highest BCUT2D eigenvalue weighted by molar-refractivity contribution is 6.67. The minimum atomic E-state index is -0.632. The Bertz CT molecular complexity index is 824. The standard InChI is InChI=1S/C10H9NO4.C8H7ClO.H4N2/c1-7(12)6-10(13)8-4-2-3-5-9(8)11(14)15;1-6-3-2-4-7(5-6)8(9)10;1-2/h2-5H,6H2,1H3;2-5H,1H3;1-2H2. The van der Waals surface area contributed by atoms with E-state index in [-0.39, 0.29) is 23.5 Å². The number of para-hydroxylation sites is 1. The zero-order chi connectivity index (χ0) is 21.0. The molecule has 8 nitrogen and oxygen atoms in total. The number of hydrogen-bond acceptors (Lipinski definition) is 7. The van der Waals surface area contributed by atoms with Gasteiger partial charge in [0.1, 0.15) is 5.78 Å². The number of hydrogen-bond donors (Lipinski definition) is 2. The third-order valence-electron chi connectivity index (χ3n) is 3.06. The van der Waals surface area contributed by atoms with Crippen LogP contribution >= 0.6 is 11.6 Å². The topological polar surface area (TPSA) is 146 Å². The Labute approximate surface area is 161 Å². The Morgan fingerprint density at radius 3 is 2.11 bits per heavy atom. The third-order valence-corrected chi connectivity index (χ3v) is 3.27. The van der Waals surface area contributed by atoms with E-state index in [0.29, 0.717) is 5.56 Å². The van der Waals surface area contributed by atoms with Crippen molar-refractivity contribution in [3.8, 4) is 0 Å². The van der Waals surface area contributed by atoms with Crippen molar-refractivity contribution in [1.29, 1.82) is 0 Å². The van der Waals surface area contributed by atoms with E-state index in [2.05, 4.69) is 11.7 Å². The van der Waals surface area contributed by atoms with Gasteiger partial charge in [-0.15, -0.1) is 0 Å². The first-order valence-electron chi connectivity index (χ1n) is 7.58. The molecule has 0 radical (unpaired) electrons. The molecule has 0 aliphatic rings. The van der Waals surface area contributed by atoms with E-state index in [0.717, 1.165) is 5.56 Å². The van der Waals surface area contributed by atoms with Crippen molar-refractivity contribution < 1.29 is 19.3 Å². The van der Waals surface area contributed by atoms with Crippen molar-refractivity contribution in [1.82, 2.24) is 0 Å². The molecule has 0 atom stereocenters. The fourth-order valence-corrected chi connectivity index (χ4v) is 2.07. The molecule has 0 saturated carbocycles. The quantitative estimate of drug-likeness (QED) is 0.198. The highest BCUT2D eigenvalue weighted by Gasteiger charge is 2.19. The summed E-state index contributed by atoms with van der Waals surface area (Å²) in [7, 11) is 0. The largest absolute Gasteiger partial charge is 0.300 e.